The van der Waals surface area contributed by atoms with Crippen LogP contribution in [0.2, 0.25) is 0 Å². The second-order valence-corrected chi connectivity index (χ2v) is 6.20. The molecule has 4 nitrogen and oxygen atoms in total. The molecule has 1 atom stereocenters. The Labute approximate surface area is 121 Å². The van der Waals surface area contributed by atoms with Crippen molar-refractivity contribution < 1.29 is 0 Å². The second kappa shape index (κ2) is 5.19. The fourth-order valence-electron chi connectivity index (χ4n) is 3.24. The first-order valence-corrected chi connectivity index (χ1v) is 7.42. The number of hydrogen-bond donors (Lipinski definition) is 0. The lowest BCUT2D eigenvalue weighted by Gasteiger charge is -2.42. The average molecular weight is 272 g/mol. The molecule has 4 heteroatoms. The van der Waals surface area contributed by atoms with E-state index < -0.39 is 0 Å². The van der Waals surface area contributed by atoms with Gasteiger partial charge >= 0.3 is 0 Å². The summed E-state index contributed by atoms with van der Waals surface area (Å²) in [4.78, 5) is 5.04. The van der Waals surface area contributed by atoms with Gasteiger partial charge in [-0.1, -0.05) is 6.07 Å². The number of aromatic nitrogens is 2. The van der Waals surface area contributed by atoms with Crippen LogP contribution < -0.4 is 0 Å². The van der Waals surface area contributed by atoms with Crippen LogP contribution in [-0.4, -0.2) is 52.3 Å². The molecule has 0 spiro atoms. The van der Waals surface area contributed by atoms with Gasteiger partial charge < -0.3 is 4.90 Å². The van der Waals surface area contributed by atoms with Gasteiger partial charge in [-0.25, -0.2) is 0 Å². The molecule has 0 aliphatic carbocycles. The molecular weight excluding hydrogens is 248 g/mol. The maximum atomic E-state index is 4.34. The van der Waals surface area contributed by atoms with Crippen molar-refractivity contribution in [3.8, 4) is 0 Å². The van der Waals surface area contributed by atoms with Crippen LogP contribution in [0.4, 0.5) is 0 Å². The van der Waals surface area contributed by atoms with Crippen molar-refractivity contribution in [1.29, 1.82) is 0 Å². The van der Waals surface area contributed by atoms with E-state index in [2.05, 4.69) is 54.0 Å². The number of likely N-dealkylation sites (N-methyl/N-ethyl adjacent to an activating group) is 1. The Hall–Kier alpha value is -1.39. The van der Waals surface area contributed by atoms with Crippen LogP contribution in [-0.2, 0) is 7.05 Å². The van der Waals surface area contributed by atoms with Crippen LogP contribution in [0.3, 0.4) is 0 Å². The Morgan fingerprint density at radius 3 is 2.75 bits per heavy atom. The van der Waals surface area contributed by atoms with Crippen molar-refractivity contribution in [2.75, 3.05) is 26.7 Å². The summed E-state index contributed by atoms with van der Waals surface area (Å²) < 4.78 is 1.94. The molecule has 2 heterocycles. The number of nitrogens with zero attached hydrogens (tertiary/aromatic N) is 4. The molecule has 108 valence electrons. The summed E-state index contributed by atoms with van der Waals surface area (Å²) in [6.07, 6.45) is 1.96. The van der Waals surface area contributed by atoms with Gasteiger partial charge in [-0.3, -0.25) is 9.58 Å². The van der Waals surface area contributed by atoms with E-state index in [1.807, 2.05) is 17.9 Å². The first kappa shape index (κ1) is 13.6. The molecule has 1 saturated heterocycles. The number of benzene rings is 1. The van der Waals surface area contributed by atoms with Crippen LogP contribution in [0.15, 0.2) is 24.4 Å². The van der Waals surface area contributed by atoms with Gasteiger partial charge in [0.25, 0.3) is 0 Å². The monoisotopic (exact) mass is 272 g/mol. The molecule has 0 amide bonds. The largest absolute Gasteiger partial charge is 0.303 e. The van der Waals surface area contributed by atoms with E-state index in [-0.39, 0.29) is 0 Å². The van der Waals surface area contributed by atoms with Crippen molar-refractivity contribution in [3.05, 3.63) is 30.0 Å². The van der Waals surface area contributed by atoms with Crippen molar-refractivity contribution in [3.63, 3.8) is 0 Å². The van der Waals surface area contributed by atoms with Crippen LogP contribution >= 0.6 is 0 Å². The number of fused-ring (bicyclic) bond motifs is 1. The van der Waals surface area contributed by atoms with Gasteiger partial charge in [0, 0.05) is 44.2 Å². The van der Waals surface area contributed by atoms with Crippen LogP contribution in [0, 0.1) is 0 Å². The quantitative estimate of drug-likeness (QED) is 0.838. The third-order valence-electron chi connectivity index (χ3n) is 4.44. The predicted octanol–water partition coefficient (Wildman–Crippen LogP) is 2.27. The molecule has 1 fully saturated rings. The SMILES string of the molecule is CC(C)N1CCN(C)CC1c1ccc2c(cnn2C)c1. The Bertz CT molecular complexity index is 602. The zero-order chi connectivity index (χ0) is 14.3. The number of aryl methyl sites for hydroxylation is 1. The molecule has 20 heavy (non-hydrogen) atoms. The summed E-state index contributed by atoms with van der Waals surface area (Å²) in [6, 6.07) is 7.84. The second-order valence-electron chi connectivity index (χ2n) is 6.20. The molecule has 0 saturated carbocycles. The Kier molecular flexibility index (Phi) is 3.52. The summed E-state index contributed by atoms with van der Waals surface area (Å²) in [5.41, 5.74) is 2.61. The predicted molar refractivity (Wildman–Crippen MR) is 82.8 cm³/mol. The molecule has 1 aromatic heterocycles. The van der Waals surface area contributed by atoms with Gasteiger partial charge in [0.05, 0.1) is 11.7 Å². The molecule has 1 aliphatic rings. The standard InChI is InChI=1S/C16H24N4/c1-12(2)20-8-7-18(3)11-16(20)13-5-6-15-14(9-13)10-17-19(15)4/h5-6,9-10,12,16H,7-8,11H2,1-4H3. The number of piperazine rings is 1. The normalized spacial score (nSPS) is 21.9. The van der Waals surface area contributed by atoms with E-state index in [1.165, 1.54) is 16.5 Å². The van der Waals surface area contributed by atoms with E-state index in [4.69, 9.17) is 0 Å². The van der Waals surface area contributed by atoms with Crippen LogP contribution in [0.1, 0.15) is 25.5 Å². The third-order valence-corrected chi connectivity index (χ3v) is 4.44. The van der Waals surface area contributed by atoms with Crippen molar-refractivity contribution in [1.82, 2.24) is 19.6 Å². The van der Waals surface area contributed by atoms with E-state index in [9.17, 15) is 0 Å². The molecule has 3 rings (SSSR count). The summed E-state index contributed by atoms with van der Waals surface area (Å²) in [6.45, 7) is 7.99. The summed E-state index contributed by atoms with van der Waals surface area (Å²) in [5, 5.41) is 5.58. The highest BCUT2D eigenvalue weighted by Crippen LogP contribution is 2.29. The zero-order valence-corrected chi connectivity index (χ0v) is 12.9. The van der Waals surface area contributed by atoms with Gasteiger partial charge in [0.15, 0.2) is 0 Å². The van der Waals surface area contributed by atoms with Crippen LogP contribution in [0.5, 0.6) is 0 Å². The minimum atomic E-state index is 0.485. The van der Waals surface area contributed by atoms with Crippen molar-refractivity contribution >= 4 is 10.9 Å². The van der Waals surface area contributed by atoms with Gasteiger partial charge in [-0.05, 0) is 38.6 Å². The fourth-order valence-corrected chi connectivity index (χ4v) is 3.24. The van der Waals surface area contributed by atoms with E-state index in [1.54, 1.807) is 0 Å². The lowest BCUT2D eigenvalue weighted by molar-refractivity contribution is 0.0639. The van der Waals surface area contributed by atoms with Gasteiger partial charge in [-0.2, -0.15) is 5.10 Å². The third kappa shape index (κ3) is 2.34. The lowest BCUT2D eigenvalue weighted by Crippen LogP contribution is -2.49. The van der Waals surface area contributed by atoms with Crippen molar-refractivity contribution in [2.24, 2.45) is 7.05 Å². The Morgan fingerprint density at radius 1 is 1.20 bits per heavy atom. The molecular formula is C16H24N4. The molecule has 1 unspecified atom stereocenters. The minimum Gasteiger partial charge on any atom is -0.303 e. The highest BCUT2D eigenvalue weighted by molar-refractivity contribution is 5.79. The fraction of sp³-hybridized carbons (Fsp3) is 0.562. The minimum absolute atomic E-state index is 0.485. The number of hydrogen-bond acceptors (Lipinski definition) is 3. The topological polar surface area (TPSA) is 24.3 Å². The van der Waals surface area contributed by atoms with E-state index >= 15 is 0 Å². The summed E-state index contributed by atoms with van der Waals surface area (Å²) >= 11 is 0. The van der Waals surface area contributed by atoms with E-state index in [0.717, 1.165) is 19.6 Å². The molecule has 2 aromatic rings. The number of rotatable bonds is 2. The molecule has 0 bridgehead atoms. The zero-order valence-electron chi connectivity index (χ0n) is 12.9. The first-order valence-electron chi connectivity index (χ1n) is 7.42. The smallest absolute Gasteiger partial charge is 0.0679 e. The van der Waals surface area contributed by atoms with E-state index in [0.29, 0.717) is 12.1 Å². The maximum absolute atomic E-state index is 4.34. The Morgan fingerprint density at radius 2 is 2.00 bits per heavy atom. The molecule has 1 aromatic carbocycles. The van der Waals surface area contributed by atoms with Crippen LogP contribution in [0.25, 0.3) is 10.9 Å². The van der Waals surface area contributed by atoms with Gasteiger partial charge in [-0.15, -0.1) is 0 Å². The lowest BCUT2D eigenvalue weighted by atomic mass is 9.99. The highest BCUT2D eigenvalue weighted by atomic mass is 15.3. The van der Waals surface area contributed by atoms with Gasteiger partial charge in [0.1, 0.15) is 0 Å². The molecule has 1 aliphatic heterocycles. The molecule has 0 radical (unpaired) electrons. The van der Waals surface area contributed by atoms with Crippen molar-refractivity contribution in [2.45, 2.75) is 25.9 Å². The average Bonchev–Trinajstić information content (AvgIpc) is 2.79. The first-order chi connectivity index (χ1) is 9.56. The highest BCUT2D eigenvalue weighted by Gasteiger charge is 2.28. The summed E-state index contributed by atoms with van der Waals surface area (Å²) in [5.74, 6) is 0. The Balaban J connectivity index is 1.98. The maximum Gasteiger partial charge on any atom is 0.0679 e. The van der Waals surface area contributed by atoms with Gasteiger partial charge in [0.2, 0.25) is 0 Å². The summed E-state index contributed by atoms with van der Waals surface area (Å²) in [7, 11) is 4.21. The molecule has 0 N–H and O–H groups in total.